The summed E-state index contributed by atoms with van der Waals surface area (Å²) in [6, 6.07) is 22.4. The number of aryl methyl sites for hydroxylation is 1. The molecule has 0 saturated carbocycles. The van der Waals surface area contributed by atoms with E-state index in [-0.39, 0.29) is 6.04 Å². The fourth-order valence-electron chi connectivity index (χ4n) is 4.79. The lowest BCUT2D eigenvalue weighted by Gasteiger charge is -2.39. The molecule has 3 aromatic carbocycles. The molecule has 0 spiro atoms. The molecule has 3 aromatic rings. The molecule has 0 saturated heterocycles. The first-order valence-corrected chi connectivity index (χ1v) is 10.2. The minimum atomic E-state index is 0.0853. The Hall–Kier alpha value is -3.20. The van der Waals surface area contributed by atoms with Gasteiger partial charge in [0.2, 0.25) is 0 Å². The zero-order valence-electron chi connectivity index (χ0n) is 16.5. The quantitative estimate of drug-likeness (QED) is 0.422. The molecule has 146 valence electrons. The summed E-state index contributed by atoms with van der Waals surface area (Å²) in [5, 5.41) is 14.2. The second-order valence-corrected chi connectivity index (χ2v) is 7.98. The van der Waals surface area contributed by atoms with Gasteiger partial charge in [-0.15, -0.1) is 0 Å². The molecule has 3 nitrogen and oxygen atoms in total. The number of anilines is 1. The van der Waals surface area contributed by atoms with Crippen LogP contribution in [0.2, 0.25) is 0 Å². The third kappa shape index (κ3) is 3.17. The molecule has 0 aromatic heterocycles. The predicted molar refractivity (Wildman–Crippen MR) is 116 cm³/mol. The van der Waals surface area contributed by atoms with Crippen LogP contribution in [-0.4, -0.2) is 5.11 Å². The van der Waals surface area contributed by atoms with Gasteiger partial charge in [-0.05, 0) is 48.1 Å². The largest absolute Gasteiger partial charge is 0.506 e. The van der Waals surface area contributed by atoms with E-state index < -0.39 is 0 Å². The van der Waals surface area contributed by atoms with Gasteiger partial charge in [-0.1, -0.05) is 66.7 Å². The number of rotatable bonds is 4. The first kappa shape index (κ1) is 17.9. The molecule has 0 fully saturated rings. The summed E-state index contributed by atoms with van der Waals surface area (Å²) < 4.78 is 6.24. The summed E-state index contributed by atoms with van der Waals surface area (Å²) >= 11 is 0. The molecule has 3 unspecified atom stereocenters. The molecule has 1 aliphatic heterocycles. The van der Waals surface area contributed by atoms with Crippen molar-refractivity contribution >= 4 is 5.69 Å². The Bertz CT molecular complexity index is 1060. The van der Waals surface area contributed by atoms with E-state index >= 15 is 0 Å². The van der Waals surface area contributed by atoms with Crippen LogP contribution in [0, 0.1) is 12.8 Å². The van der Waals surface area contributed by atoms with Crippen molar-refractivity contribution in [1.29, 1.82) is 0 Å². The van der Waals surface area contributed by atoms with Gasteiger partial charge in [0.1, 0.15) is 18.1 Å². The van der Waals surface area contributed by atoms with Gasteiger partial charge in [-0.3, -0.25) is 0 Å². The lowest BCUT2D eigenvalue weighted by molar-refractivity contribution is 0.296. The number of allylic oxidation sites excluding steroid dienone is 2. The average molecular weight is 383 g/mol. The minimum Gasteiger partial charge on any atom is -0.506 e. The molecule has 5 rings (SSSR count). The van der Waals surface area contributed by atoms with Crippen LogP contribution < -0.4 is 10.1 Å². The Labute approximate surface area is 171 Å². The van der Waals surface area contributed by atoms with Gasteiger partial charge in [0.15, 0.2) is 0 Å². The first-order chi connectivity index (χ1) is 14.2. The highest BCUT2D eigenvalue weighted by molar-refractivity contribution is 5.69. The van der Waals surface area contributed by atoms with Crippen molar-refractivity contribution in [2.45, 2.75) is 31.9 Å². The predicted octanol–water partition coefficient (Wildman–Crippen LogP) is 6.11. The fourth-order valence-corrected chi connectivity index (χ4v) is 4.79. The lowest BCUT2D eigenvalue weighted by Crippen LogP contribution is -2.30. The van der Waals surface area contributed by atoms with E-state index in [1.807, 2.05) is 36.4 Å². The van der Waals surface area contributed by atoms with Gasteiger partial charge in [0.05, 0.1) is 11.7 Å². The SMILES string of the molecule is Cc1ccc(O)c2c1C1C=CCC1C(c1ccccc1OCc1ccccc1)N2. The van der Waals surface area contributed by atoms with Crippen molar-refractivity contribution < 1.29 is 9.84 Å². The maximum Gasteiger partial charge on any atom is 0.139 e. The van der Waals surface area contributed by atoms with Gasteiger partial charge >= 0.3 is 0 Å². The van der Waals surface area contributed by atoms with Gasteiger partial charge in [-0.25, -0.2) is 0 Å². The van der Waals surface area contributed by atoms with E-state index in [9.17, 15) is 5.11 Å². The van der Waals surface area contributed by atoms with E-state index in [1.54, 1.807) is 6.07 Å². The summed E-state index contributed by atoms with van der Waals surface area (Å²) in [6.07, 6.45) is 5.59. The number of benzene rings is 3. The highest BCUT2D eigenvalue weighted by Gasteiger charge is 2.40. The Balaban J connectivity index is 1.51. The monoisotopic (exact) mass is 383 g/mol. The first-order valence-electron chi connectivity index (χ1n) is 10.2. The zero-order chi connectivity index (χ0) is 19.8. The topological polar surface area (TPSA) is 41.5 Å². The average Bonchev–Trinajstić information content (AvgIpc) is 3.25. The molecule has 0 bridgehead atoms. The summed E-state index contributed by atoms with van der Waals surface area (Å²) in [6.45, 7) is 2.66. The highest BCUT2D eigenvalue weighted by Crippen LogP contribution is 2.54. The van der Waals surface area contributed by atoms with Crippen LogP contribution in [-0.2, 0) is 6.61 Å². The van der Waals surface area contributed by atoms with Gasteiger partial charge < -0.3 is 15.2 Å². The van der Waals surface area contributed by atoms with Crippen LogP contribution >= 0.6 is 0 Å². The molecular formula is C26H25NO2. The van der Waals surface area contributed by atoms with Crippen LogP contribution in [0.4, 0.5) is 5.69 Å². The van der Waals surface area contributed by atoms with Crippen LogP contribution in [0.3, 0.4) is 0 Å². The third-order valence-corrected chi connectivity index (χ3v) is 6.21. The second kappa shape index (κ2) is 7.32. The maximum absolute atomic E-state index is 10.6. The third-order valence-electron chi connectivity index (χ3n) is 6.21. The molecule has 1 heterocycles. The number of ether oxygens (including phenoxy) is 1. The van der Waals surface area contributed by atoms with E-state index in [0.717, 1.165) is 29.0 Å². The highest BCUT2D eigenvalue weighted by atomic mass is 16.5. The van der Waals surface area contributed by atoms with Crippen LogP contribution in [0.25, 0.3) is 0 Å². The van der Waals surface area contributed by atoms with Crippen LogP contribution in [0.15, 0.2) is 78.9 Å². The van der Waals surface area contributed by atoms with Gasteiger partial charge in [0.25, 0.3) is 0 Å². The molecule has 2 N–H and O–H groups in total. The fraction of sp³-hybridized carbons (Fsp3) is 0.231. The molecule has 29 heavy (non-hydrogen) atoms. The van der Waals surface area contributed by atoms with E-state index in [2.05, 4.69) is 48.7 Å². The van der Waals surface area contributed by atoms with Crippen LogP contribution in [0.1, 0.15) is 40.6 Å². The Kier molecular flexibility index (Phi) is 4.51. The van der Waals surface area contributed by atoms with E-state index in [1.165, 1.54) is 11.1 Å². The van der Waals surface area contributed by atoms with Crippen molar-refractivity contribution in [2.75, 3.05) is 5.32 Å². The number of phenolic OH excluding ortho intramolecular Hbond substituents is 1. The molecular weight excluding hydrogens is 358 g/mol. The number of nitrogens with one attached hydrogen (secondary N) is 1. The Morgan fingerprint density at radius 2 is 1.79 bits per heavy atom. The number of hydrogen-bond donors (Lipinski definition) is 2. The van der Waals surface area contributed by atoms with Gasteiger partial charge in [-0.2, -0.15) is 0 Å². The number of hydrogen-bond acceptors (Lipinski definition) is 3. The summed E-state index contributed by atoms with van der Waals surface area (Å²) in [4.78, 5) is 0. The molecule has 0 amide bonds. The summed E-state index contributed by atoms with van der Waals surface area (Å²) in [5.41, 5.74) is 5.61. The van der Waals surface area contributed by atoms with Crippen LogP contribution in [0.5, 0.6) is 11.5 Å². The lowest BCUT2D eigenvalue weighted by atomic mass is 9.75. The second-order valence-electron chi connectivity index (χ2n) is 7.98. The smallest absolute Gasteiger partial charge is 0.139 e. The van der Waals surface area contributed by atoms with Gasteiger partial charge in [0, 0.05) is 11.5 Å². The number of aromatic hydroxyl groups is 1. The zero-order valence-corrected chi connectivity index (χ0v) is 16.5. The van der Waals surface area contributed by atoms with Crippen molar-refractivity contribution in [1.82, 2.24) is 0 Å². The molecule has 3 atom stereocenters. The normalized spacial score (nSPS) is 21.9. The van der Waals surface area contributed by atoms with E-state index in [4.69, 9.17) is 4.74 Å². The minimum absolute atomic E-state index is 0.0853. The number of para-hydroxylation sites is 1. The summed E-state index contributed by atoms with van der Waals surface area (Å²) in [7, 11) is 0. The van der Waals surface area contributed by atoms with Crippen molar-refractivity contribution in [2.24, 2.45) is 5.92 Å². The Morgan fingerprint density at radius 3 is 2.66 bits per heavy atom. The number of phenols is 1. The molecule has 2 aliphatic rings. The van der Waals surface area contributed by atoms with E-state index in [0.29, 0.717) is 24.2 Å². The van der Waals surface area contributed by atoms with Crippen molar-refractivity contribution in [3.05, 3.63) is 101 Å². The molecule has 1 aliphatic carbocycles. The Morgan fingerprint density at radius 1 is 1.00 bits per heavy atom. The van der Waals surface area contributed by atoms with Crippen molar-refractivity contribution in [3.63, 3.8) is 0 Å². The standard InChI is InChI=1S/C26H25NO2/c1-17-14-15-22(28)26-24(17)19-11-7-12-20(19)25(27-26)21-10-5-6-13-23(21)29-16-18-8-3-2-4-9-18/h2-11,13-15,19-20,25,27-28H,12,16H2,1H3. The summed E-state index contributed by atoms with van der Waals surface area (Å²) in [5.74, 6) is 1.93. The van der Waals surface area contributed by atoms with Crippen molar-refractivity contribution in [3.8, 4) is 11.5 Å². The number of fused-ring (bicyclic) bond motifs is 3. The molecule has 3 heteroatoms. The molecule has 0 radical (unpaired) electrons. The maximum atomic E-state index is 10.6.